The fourth-order valence-corrected chi connectivity index (χ4v) is 2.66. The van der Waals surface area contributed by atoms with Gasteiger partial charge in [-0.2, -0.15) is 12.6 Å². The van der Waals surface area contributed by atoms with E-state index in [0.717, 1.165) is 0 Å². The first-order chi connectivity index (χ1) is 15.4. The Bertz CT molecular complexity index is 732. The predicted octanol–water partition coefficient (Wildman–Crippen LogP) is -4.91. The number of aliphatic carboxylic acids is 1. The van der Waals surface area contributed by atoms with E-state index in [1.54, 1.807) is 0 Å². The van der Waals surface area contributed by atoms with E-state index in [-0.39, 0.29) is 43.9 Å². The highest BCUT2D eigenvalue weighted by atomic mass is 32.1. The van der Waals surface area contributed by atoms with Crippen molar-refractivity contribution in [2.75, 3.05) is 18.9 Å². The summed E-state index contributed by atoms with van der Waals surface area (Å²) >= 11 is 3.98. The van der Waals surface area contributed by atoms with Gasteiger partial charge in [-0.1, -0.05) is 0 Å². The Morgan fingerprint density at radius 2 is 1.42 bits per heavy atom. The molecule has 0 saturated heterocycles. The van der Waals surface area contributed by atoms with E-state index in [2.05, 4.69) is 33.6 Å². The lowest BCUT2D eigenvalue weighted by Gasteiger charge is -2.24. The zero-order chi connectivity index (χ0) is 25.6. The number of nitrogens with two attached hydrogens (primary N) is 4. The van der Waals surface area contributed by atoms with Crippen LogP contribution in [0, 0.1) is 0 Å². The molecule has 188 valence electrons. The summed E-state index contributed by atoms with van der Waals surface area (Å²) in [5.74, 6) is -4.88. The van der Waals surface area contributed by atoms with E-state index in [0.29, 0.717) is 0 Å². The van der Waals surface area contributed by atoms with Crippen LogP contribution >= 0.6 is 12.6 Å². The number of guanidine groups is 1. The smallest absolute Gasteiger partial charge is 0.328 e. The summed E-state index contributed by atoms with van der Waals surface area (Å²) in [5, 5.41) is 24.8. The van der Waals surface area contributed by atoms with Crippen molar-refractivity contribution in [1.29, 1.82) is 0 Å². The highest BCUT2D eigenvalue weighted by molar-refractivity contribution is 7.80. The van der Waals surface area contributed by atoms with Gasteiger partial charge < -0.3 is 49.1 Å². The number of carbonyl (C=O) groups excluding carboxylic acids is 4. The monoisotopic (exact) mass is 492 g/mol. The van der Waals surface area contributed by atoms with Gasteiger partial charge in [-0.25, -0.2) is 4.79 Å². The van der Waals surface area contributed by atoms with Crippen LogP contribution in [-0.2, 0) is 24.0 Å². The Hall–Kier alpha value is -3.11. The predicted molar refractivity (Wildman–Crippen MR) is 121 cm³/mol. The minimum Gasteiger partial charge on any atom is -0.480 e. The van der Waals surface area contributed by atoms with Gasteiger partial charge in [0.25, 0.3) is 0 Å². The minimum atomic E-state index is -1.57. The van der Waals surface area contributed by atoms with Gasteiger partial charge in [-0.3, -0.25) is 24.2 Å². The number of aliphatic hydroxyl groups is 1. The molecule has 0 fully saturated rings. The van der Waals surface area contributed by atoms with Crippen LogP contribution in [0.5, 0.6) is 0 Å². The van der Waals surface area contributed by atoms with Crippen LogP contribution in [0.2, 0.25) is 0 Å². The molecule has 0 rings (SSSR count). The largest absolute Gasteiger partial charge is 0.480 e. The molecule has 4 unspecified atom stereocenters. The van der Waals surface area contributed by atoms with E-state index in [1.807, 2.05) is 0 Å². The van der Waals surface area contributed by atoms with E-state index in [1.165, 1.54) is 0 Å². The lowest BCUT2D eigenvalue weighted by molar-refractivity contribution is -0.143. The maximum Gasteiger partial charge on any atom is 0.328 e. The van der Waals surface area contributed by atoms with Crippen molar-refractivity contribution in [3.63, 3.8) is 0 Å². The number of nitrogens with zero attached hydrogens (tertiary/aromatic N) is 1. The molecule has 16 heteroatoms. The summed E-state index contributed by atoms with van der Waals surface area (Å²) in [4.78, 5) is 63.0. The summed E-state index contributed by atoms with van der Waals surface area (Å²) < 4.78 is 0. The van der Waals surface area contributed by atoms with E-state index >= 15 is 0 Å². The molecular weight excluding hydrogens is 460 g/mol. The van der Waals surface area contributed by atoms with Gasteiger partial charge in [0.05, 0.1) is 12.6 Å². The second kappa shape index (κ2) is 15.7. The Labute approximate surface area is 195 Å². The Balaban J connectivity index is 5.28. The summed E-state index contributed by atoms with van der Waals surface area (Å²) in [6.45, 7) is -0.704. The van der Waals surface area contributed by atoms with Crippen LogP contribution in [0.15, 0.2) is 4.99 Å². The second-order valence-corrected chi connectivity index (χ2v) is 7.31. The number of carbonyl (C=O) groups is 5. The van der Waals surface area contributed by atoms with Gasteiger partial charge in [0.2, 0.25) is 23.6 Å². The van der Waals surface area contributed by atoms with E-state index in [4.69, 9.17) is 33.1 Å². The first kappa shape index (κ1) is 29.9. The van der Waals surface area contributed by atoms with Gasteiger partial charge in [-0.05, 0) is 19.3 Å². The third kappa shape index (κ3) is 12.5. The molecule has 13 N–H and O–H groups in total. The number of hydrogen-bond acceptors (Lipinski definition) is 9. The van der Waals surface area contributed by atoms with Crippen LogP contribution in [0.1, 0.15) is 25.7 Å². The van der Waals surface area contributed by atoms with E-state index in [9.17, 15) is 24.0 Å². The lowest BCUT2D eigenvalue weighted by atomic mass is 10.1. The van der Waals surface area contributed by atoms with Crippen molar-refractivity contribution >= 4 is 48.2 Å². The van der Waals surface area contributed by atoms with Gasteiger partial charge in [0.1, 0.15) is 18.1 Å². The topological polar surface area (TPSA) is 278 Å². The fourth-order valence-electron chi connectivity index (χ4n) is 2.40. The zero-order valence-electron chi connectivity index (χ0n) is 17.9. The zero-order valence-corrected chi connectivity index (χ0v) is 18.8. The number of nitrogens with one attached hydrogen (secondary N) is 3. The average Bonchev–Trinajstić information content (AvgIpc) is 2.74. The second-order valence-electron chi connectivity index (χ2n) is 6.95. The van der Waals surface area contributed by atoms with Crippen LogP contribution in [0.3, 0.4) is 0 Å². The molecule has 0 aromatic rings. The van der Waals surface area contributed by atoms with Crippen molar-refractivity contribution in [3.8, 4) is 0 Å². The average molecular weight is 493 g/mol. The van der Waals surface area contributed by atoms with Crippen LogP contribution in [0.4, 0.5) is 0 Å². The lowest BCUT2D eigenvalue weighted by Crippen LogP contribution is -2.58. The number of hydrogen-bond donors (Lipinski definition) is 10. The molecule has 33 heavy (non-hydrogen) atoms. The number of rotatable bonds is 16. The summed E-state index contributed by atoms with van der Waals surface area (Å²) in [6, 6.07) is -5.12. The Morgan fingerprint density at radius 1 is 0.879 bits per heavy atom. The normalized spacial score (nSPS) is 14.2. The summed E-state index contributed by atoms with van der Waals surface area (Å²) in [6.07, 6.45) is 0.165. The Morgan fingerprint density at radius 3 is 1.91 bits per heavy atom. The Kier molecular flexibility index (Phi) is 14.2. The van der Waals surface area contributed by atoms with Crippen molar-refractivity contribution in [1.82, 2.24) is 16.0 Å². The molecule has 0 heterocycles. The molecule has 0 aliphatic heterocycles. The molecule has 0 bridgehead atoms. The molecular formula is C17H32N8O7S. The molecule has 0 aromatic heterocycles. The van der Waals surface area contributed by atoms with Crippen LogP contribution < -0.4 is 38.9 Å². The number of aliphatic hydroxyl groups excluding tert-OH is 1. The van der Waals surface area contributed by atoms with Gasteiger partial charge in [-0.15, -0.1) is 0 Å². The molecule has 0 aliphatic carbocycles. The molecule has 4 amide bonds. The number of thiol groups is 1. The molecule has 0 aromatic carbocycles. The third-order valence-corrected chi connectivity index (χ3v) is 4.59. The van der Waals surface area contributed by atoms with Crippen molar-refractivity contribution in [2.45, 2.75) is 49.9 Å². The molecule has 0 saturated carbocycles. The number of carboxylic acid groups (broad SMARTS) is 1. The van der Waals surface area contributed by atoms with Crippen LogP contribution in [-0.4, -0.2) is 88.8 Å². The maximum absolute atomic E-state index is 12.8. The first-order valence-electron chi connectivity index (χ1n) is 9.87. The summed E-state index contributed by atoms with van der Waals surface area (Å²) in [7, 11) is 0. The highest BCUT2D eigenvalue weighted by Crippen LogP contribution is 2.03. The first-order valence-corrected chi connectivity index (χ1v) is 10.5. The summed E-state index contributed by atoms with van der Waals surface area (Å²) in [5.41, 5.74) is 21.3. The molecule has 0 spiro atoms. The van der Waals surface area contributed by atoms with Crippen molar-refractivity contribution < 1.29 is 34.2 Å². The van der Waals surface area contributed by atoms with Crippen molar-refractivity contribution in [3.05, 3.63) is 0 Å². The van der Waals surface area contributed by atoms with Crippen molar-refractivity contribution in [2.24, 2.45) is 27.9 Å². The SMILES string of the molecule is NC(=O)CCC(N)C(=O)NC(CCCN=C(N)N)C(=O)NC(CS)C(=O)NC(CO)C(=O)O. The van der Waals surface area contributed by atoms with Crippen LogP contribution in [0.25, 0.3) is 0 Å². The fraction of sp³-hybridized carbons (Fsp3) is 0.647. The van der Waals surface area contributed by atoms with Gasteiger partial charge >= 0.3 is 5.97 Å². The molecule has 0 radical (unpaired) electrons. The molecule has 15 nitrogen and oxygen atoms in total. The number of primary amides is 1. The molecule has 4 atom stereocenters. The minimum absolute atomic E-state index is 0.0388. The van der Waals surface area contributed by atoms with E-state index < -0.39 is 60.4 Å². The highest BCUT2D eigenvalue weighted by Gasteiger charge is 2.29. The van der Waals surface area contributed by atoms with Gasteiger partial charge in [0, 0.05) is 18.7 Å². The maximum atomic E-state index is 12.8. The standard InChI is InChI=1S/C17H32N8O7S/c18-8(3-4-12(19)27)13(28)23-9(2-1-5-22-17(20)21)14(29)25-11(7-33)15(30)24-10(6-26)16(31)32/h8-11,26,33H,1-7,18H2,(H2,19,27)(H,23,28)(H,24,30)(H,25,29)(H,31,32)(H4,20,21,22). The number of carboxylic acids is 1. The molecule has 0 aliphatic rings. The third-order valence-electron chi connectivity index (χ3n) is 4.23. The number of amides is 4. The quantitative estimate of drug-likeness (QED) is 0.0424. The number of aliphatic imine (C=N–C) groups is 1. The van der Waals surface area contributed by atoms with Gasteiger partial charge in [0.15, 0.2) is 5.96 Å².